The van der Waals surface area contributed by atoms with Gasteiger partial charge in [0.05, 0.1) is 21.8 Å². The van der Waals surface area contributed by atoms with E-state index < -0.39 is 5.54 Å². The van der Waals surface area contributed by atoms with E-state index >= 15 is 0 Å². The lowest BCUT2D eigenvalue weighted by Gasteiger charge is -2.18. The maximum atomic E-state index is 11.9. The van der Waals surface area contributed by atoms with Crippen LogP contribution in [0.1, 0.15) is 13.8 Å². The summed E-state index contributed by atoms with van der Waals surface area (Å²) in [5.74, 6) is -0.255. The van der Waals surface area contributed by atoms with Crippen molar-refractivity contribution in [2.45, 2.75) is 19.4 Å². The van der Waals surface area contributed by atoms with Crippen LogP contribution in [0.5, 0.6) is 0 Å². The molecular formula is C13H14ClN3O. The highest BCUT2D eigenvalue weighted by molar-refractivity contribution is 6.35. The molecule has 1 aromatic carbocycles. The van der Waals surface area contributed by atoms with Crippen molar-refractivity contribution in [3.63, 3.8) is 0 Å². The number of carbonyl (C=O) groups excluding carboxylic acids is 1. The Morgan fingerprint density at radius 3 is 2.78 bits per heavy atom. The van der Waals surface area contributed by atoms with Crippen LogP contribution in [0.25, 0.3) is 10.9 Å². The molecule has 2 rings (SSSR count). The minimum atomic E-state index is -0.936. The lowest BCUT2D eigenvalue weighted by atomic mass is 10.1. The van der Waals surface area contributed by atoms with E-state index in [0.29, 0.717) is 16.2 Å². The number of benzene rings is 1. The molecule has 18 heavy (non-hydrogen) atoms. The summed E-state index contributed by atoms with van der Waals surface area (Å²) >= 11 is 6.06. The summed E-state index contributed by atoms with van der Waals surface area (Å²) in [4.78, 5) is 16.1. The van der Waals surface area contributed by atoms with Gasteiger partial charge in [-0.2, -0.15) is 0 Å². The van der Waals surface area contributed by atoms with E-state index in [0.717, 1.165) is 5.39 Å². The number of halogens is 1. The van der Waals surface area contributed by atoms with Crippen molar-refractivity contribution < 1.29 is 4.79 Å². The van der Waals surface area contributed by atoms with Crippen LogP contribution in [0, 0.1) is 0 Å². The number of nitrogens with one attached hydrogen (secondary N) is 1. The Labute approximate surface area is 110 Å². The summed E-state index contributed by atoms with van der Waals surface area (Å²) in [6.07, 6.45) is 1.66. The summed E-state index contributed by atoms with van der Waals surface area (Å²) in [7, 11) is 0. The molecule has 94 valence electrons. The van der Waals surface area contributed by atoms with Crippen molar-refractivity contribution in [2.75, 3.05) is 5.32 Å². The summed E-state index contributed by atoms with van der Waals surface area (Å²) in [6, 6.07) is 7.10. The SMILES string of the molecule is CC(C)(N)C(=O)Nc1ccc(Cl)c2ncccc12. The lowest BCUT2D eigenvalue weighted by Crippen LogP contribution is -2.45. The van der Waals surface area contributed by atoms with Crippen molar-refractivity contribution in [3.05, 3.63) is 35.5 Å². The predicted molar refractivity (Wildman–Crippen MR) is 73.6 cm³/mol. The van der Waals surface area contributed by atoms with Gasteiger partial charge in [0.15, 0.2) is 0 Å². The van der Waals surface area contributed by atoms with Gasteiger partial charge in [-0.1, -0.05) is 11.6 Å². The fourth-order valence-electron chi connectivity index (χ4n) is 1.53. The highest BCUT2D eigenvalue weighted by Crippen LogP contribution is 2.28. The van der Waals surface area contributed by atoms with Gasteiger partial charge in [0, 0.05) is 11.6 Å². The minimum Gasteiger partial charge on any atom is -0.324 e. The number of hydrogen-bond acceptors (Lipinski definition) is 3. The Morgan fingerprint density at radius 1 is 1.39 bits per heavy atom. The van der Waals surface area contributed by atoms with Gasteiger partial charge in [0.1, 0.15) is 0 Å². The van der Waals surface area contributed by atoms with Gasteiger partial charge in [0.2, 0.25) is 5.91 Å². The maximum Gasteiger partial charge on any atom is 0.243 e. The first-order valence-corrected chi connectivity index (χ1v) is 5.91. The van der Waals surface area contributed by atoms with Gasteiger partial charge >= 0.3 is 0 Å². The fraction of sp³-hybridized carbons (Fsp3) is 0.231. The molecule has 0 fully saturated rings. The average molecular weight is 264 g/mol. The predicted octanol–water partition coefficient (Wildman–Crippen LogP) is 2.56. The smallest absolute Gasteiger partial charge is 0.243 e. The number of hydrogen-bond donors (Lipinski definition) is 2. The van der Waals surface area contributed by atoms with Crippen LogP contribution >= 0.6 is 11.6 Å². The lowest BCUT2D eigenvalue weighted by molar-refractivity contribution is -0.120. The topological polar surface area (TPSA) is 68.0 Å². The highest BCUT2D eigenvalue weighted by Gasteiger charge is 2.22. The molecule has 0 aliphatic rings. The quantitative estimate of drug-likeness (QED) is 0.875. The number of nitrogens with two attached hydrogens (primary N) is 1. The summed E-state index contributed by atoms with van der Waals surface area (Å²) in [5.41, 5.74) is 6.13. The second kappa shape index (κ2) is 4.55. The number of anilines is 1. The molecule has 0 radical (unpaired) electrons. The molecule has 0 atom stereocenters. The van der Waals surface area contributed by atoms with Gasteiger partial charge in [-0.15, -0.1) is 0 Å². The van der Waals surface area contributed by atoms with E-state index in [9.17, 15) is 4.79 Å². The molecule has 0 aliphatic carbocycles. The number of aromatic nitrogens is 1. The summed E-state index contributed by atoms with van der Waals surface area (Å²) in [6.45, 7) is 3.30. The zero-order chi connectivity index (χ0) is 13.3. The van der Waals surface area contributed by atoms with Gasteiger partial charge in [0.25, 0.3) is 0 Å². The molecule has 5 heteroatoms. The van der Waals surface area contributed by atoms with Crippen LogP contribution in [-0.2, 0) is 4.79 Å². The number of nitrogens with zero attached hydrogens (tertiary/aromatic N) is 1. The standard InChI is InChI=1S/C13H14ClN3O/c1-13(2,15)12(18)17-10-6-5-9(14)11-8(10)4-3-7-16-11/h3-7H,15H2,1-2H3,(H,17,18). The maximum absolute atomic E-state index is 11.9. The first-order chi connectivity index (χ1) is 8.39. The van der Waals surface area contributed by atoms with E-state index in [4.69, 9.17) is 17.3 Å². The van der Waals surface area contributed by atoms with Crippen molar-refractivity contribution in [3.8, 4) is 0 Å². The number of fused-ring (bicyclic) bond motifs is 1. The van der Waals surface area contributed by atoms with Crippen molar-refractivity contribution in [1.82, 2.24) is 4.98 Å². The zero-order valence-electron chi connectivity index (χ0n) is 10.2. The third-order valence-corrected chi connectivity index (χ3v) is 2.86. The highest BCUT2D eigenvalue weighted by atomic mass is 35.5. The first kappa shape index (κ1) is 12.8. The number of carbonyl (C=O) groups is 1. The van der Waals surface area contributed by atoms with Crippen LogP contribution < -0.4 is 11.1 Å². The van der Waals surface area contributed by atoms with Gasteiger partial charge in [-0.3, -0.25) is 9.78 Å². The molecule has 0 aliphatic heterocycles. The Bertz CT molecular complexity index is 605. The van der Waals surface area contributed by atoms with Gasteiger partial charge in [-0.05, 0) is 38.1 Å². The van der Waals surface area contributed by atoms with Crippen LogP contribution in [0.15, 0.2) is 30.5 Å². The van der Waals surface area contributed by atoms with Gasteiger partial charge in [-0.25, -0.2) is 0 Å². The van der Waals surface area contributed by atoms with Crippen LogP contribution in [-0.4, -0.2) is 16.4 Å². The number of amides is 1. The van der Waals surface area contributed by atoms with Crippen molar-refractivity contribution in [1.29, 1.82) is 0 Å². The molecule has 0 bridgehead atoms. The van der Waals surface area contributed by atoms with Crippen LogP contribution in [0.2, 0.25) is 5.02 Å². The van der Waals surface area contributed by atoms with Crippen molar-refractivity contribution >= 4 is 34.1 Å². The van der Waals surface area contributed by atoms with E-state index in [2.05, 4.69) is 10.3 Å². The van der Waals surface area contributed by atoms with E-state index in [1.54, 1.807) is 38.2 Å². The Balaban J connectivity index is 2.47. The molecule has 0 saturated heterocycles. The zero-order valence-corrected chi connectivity index (χ0v) is 11.0. The first-order valence-electron chi connectivity index (χ1n) is 5.53. The van der Waals surface area contributed by atoms with Gasteiger partial charge < -0.3 is 11.1 Å². The molecule has 0 spiro atoms. The average Bonchev–Trinajstić information content (AvgIpc) is 2.32. The molecule has 3 N–H and O–H groups in total. The number of rotatable bonds is 2. The van der Waals surface area contributed by atoms with E-state index in [1.807, 2.05) is 6.07 Å². The Morgan fingerprint density at radius 2 is 2.11 bits per heavy atom. The fourth-order valence-corrected chi connectivity index (χ4v) is 1.74. The Kier molecular flexibility index (Phi) is 3.24. The molecule has 0 unspecified atom stereocenters. The summed E-state index contributed by atoms with van der Waals surface area (Å²) < 4.78 is 0. The van der Waals surface area contributed by atoms with Crippen LogP contribution in [0.3, 0.4) is 0 Å². The normalized spacial score (nSPS) is 11.6. The van der Waals surface area contributed by atoms with Crippen LogP contribution in [0.4, 0.5) is 5.69 Å². The molecule has 1 aromatic heterocycles. The molecule has 0 saturated carbocycles. The largest absolute Gasteiger partial charge is 0.324 e. The third-order valence-electron chi connectivity index (χ3n) is 2.55. The molecular weight excluding hydrogens is 250 g/mol. The molecule has 1 amide bonds. The van der Waals surface area contributed by atoms with Crippen molar-refractivity contribution in [2.24, 2.45) is 5.73 Å². The second-order valence-electron chi connectivity index (χ2n) is 4.67. The minimum absolute atomic E-state index is 0.255. The van der Waals surface area contributed by atoms with E-state index in [1.165, 1.54) is 0 Å². The Hall–Kier alpha value is -1.65. The monoisotopic (exact) mass is 263 g/mol. The number of pyridine rings is 1. The molecule has 4 nitrogen and oxygen atoms in total. The molecule has 2 aromatic rings. The van der Waals surface area contributed by atoms with E-state index in [-0.39, 0.29) is 5.91 Å². The molecule has 1 heterocycles. The third kappa shape index (κ3) is 2.44. The summed E-state index contributed by atoms with van der Waals surface area (Å²) in [5, 5.41) is 4.14. The second-order valence-corrected chi connectivity index (χ2v) is 5.08.